The zero-order chi connectivity index (χ0) is 12.0. The third-order valence-electron chi connectivity index (χ3n) is 1.67. The topological polar surface area (TPSA) is 72.0 Å². The number of nitrogens with zero attached hydrogens (tertiary/aromatic N) is 3. The van der Waals surface area contributed by atoms with Crippen LogP contribution in [0.1, 0.15) is 12.0 Å². The van der Waals surface area contributed by atoms with E-state index in [1.807, 2.05) is 0 Å². The highest BCUT2D eigenvalue weighted by Crippen LogP contribution is 2.20. The number of nitrogens with one attached hydrogen (secondary N) is 1. The molecule has 0 heterocycles. The number of halogens is 2. The Morgan fingerprint density at radius 1 is 1.19 bits per heavy atom. The normalized spacial score (nSPS) is 9.06. The summed E-state index contributed by atoms with van der Waals surface area (Å²) >= 11 is 0. The van der Waals surface area contributed by atoms with Crippen LogP contribution in [-0.2, 0) is 0 Å². The molecule has 0 fully saturated rings. The van der Waals surface area contributed by atoms with Crippen LogP contribution >= 0.6 is 0 Å². The van der Waals surface area contributed by atoms with Crippen molar-refractivity contribution in [2.75, 3.05) is 5.43 Å². The molecule has 0 aliphatic heterocycles. The van der Waals surface area contributed by atoms with Crippen LogP contribution in [0.4, 0.5) is 14.5 Å². The molecule has 0 unspecified atom stereocenters. The summed E-state index contributed by atoms with van der Waals surface area (Å²) in [6.45, 7) is 0. The second-order valence-electron chi connectivity index (χ2n) is 2.72. The summed E-state index contributed by atoms with van der Waals surface area (Å²) in [7, 11) is 0. The van der Waals surface area contributed by atoms with Gasteiger partial charge in [-0.3, -0.25) is 5.43 Å². The van der Waals surface area contributed by atoms with Crippen LogP contribution in [0.5, 0.6) is 0 Å². The molecule has 1 aromatic rings. The molecule has 0 amide bonds. The van der Waals surface area contributed by atoms with E-state index in [0.717, 1.165) is 0 Å². The van der Waals surface area contributed by atoms with Gasteiger partial charge in [-0.05, 0) is 12.1 Å². The van der Waals surface area contributed by atoms with E-state index in [9.17, 15) is 8.78 Å². The molecule has 0 aromatic heterocycles. The minimum Gasteiger partial charge on any atom is -0.277 e. The SMILES string of the molecule is N#CC(C#N)=NNc1ccc(C(F)F)cc1. The van der Waals surface area contributed by atoms with Crippen molar-refractivity contribution in [1.82, 2.24) is 0 Å². The van der Waals surface area contributed by atoms with Crippen molar-refractivity contribution in [1.29, 1.82) is 10.5 Å². The predicted octanol–water partition coefficient (Wildman–Crippen LogP) is 2.44. The predicted molar refractivity (Wildman–Crippen MR) is 53.7 cm³/mol. The third-order valence-corrected chi connectivity index (χ3v) is 1.67. The maximum Gasteiger partial charge on any atom is 0.263 e. The minimum absolute atomic E-state index is 0.102. The molecule has 0 radical (unpaired) electrons. The van der Waals surface area contributed by atoms with Crippen molar-refractivity contribution in [3.05, 3.63) is 29.8 Å². The average molecular weight is 220 g/mol. The first-order valence-corrected chi connectivity index (χ1v) is 4.19. The highest BCUT2D eigenvalue weighted by atomic mass is 19.3. The molecule has 0 atom stereocenters. The molecule has 80 valence electrons. The molecule has 0 aliphatic carbocycles. The molecule has 0 bridgehead atoms. The maximum absolute atomic E-state index is 12.2. The summed E-state index contributed by atoms with van der Waals surface area (Å²) in [5, 5.41) is 20.2. The Morgan fingerprint density at radius 2 is 1.75 bits per heavy atom. The van der Waals surface area contributed by atoms with Crippen molar-refractivity contribution < 1.29 is 8.78 Å². The molecule has 0 saturated heterocycles. The fourth-order valence-corrected chi connectivity index (χ4v) is 0.899. The quantitative estimate of drug-likeness (QED) is 0.628. The lowest BCUT2D eigenvalue weighted by Crippen LogP contribution is -1.96. The van der Waals surface area contributed by atoms with E-state index in [-0.39, 0.29) is 11.3 Å². The van der Waals surface area contributed by atoms with Gasteiger partial charge in [0.1, 0.15) is 12.1 Å². The van der Waals surface area contributed by atoms with Gasteiger partial charge in [0.05, 0.1) is 5.69 Å². The Labute approximate surface area is 90.4 Å². The van der Waals surface area contributed by atoms with E-state index in [1.54, 1.807) is 12.1 Å². The smallest absolute Gasteiger partial charge is 0.263 e. The first-order chi connectivity index (χ1) is 7.67. The number of anilines is 1. The van der Waals surface area contributed by atoms with Crippen LogP contribution in [0.25, 0.3) is 0 Å². The molecule has 1 N–H and O–H groups in total. The molecule has 0 saturated carbocycles. The summed E-state index contributed by atoms with van der Waals surface area (Å²) in [5.41, 5.74) is 2.40. The third kappa shape index (κ3) is 3.03. The zero-order valence-electron chi connectivity index (χ0n) is 7.98. The summed E-state index contributed by atoms with van der Waals surface area (Å²) in [4.78, 5) is 0. The summed E-state index contributed by atoms with van der Waals surface area (Å²) < 4.78 is 24.4. The van der Waals surface area contributed by atoms with E-state index in [2.05, 4.69) is 10.5 Å². The summed E-state index contributed by atoms with van der Waals surface area (Å²) in [6, 6.07) is 8.36. The zero-order valence-corrected chi connectivity index (χ0v) is 7.98. The van der Waals surface area contributed by atoms with Crippen molar-refractivity contribution in [2.24, 2.45) is 5.10 Å². The lowest BCUT2D eigenvalue weighted by Gasteiger charge is -2.02. The number of hydrogen-bond donors (Lipinski definition) is 1. The molecule has 6 heteroatoms. The Bertz CT molecular complexity index is 449. The van der Waals surface area contributed by atoms with Crippen LogP contribution in [0.3, 0.4) is 0 Å². The van der Waals surface area contributed by atoms with Gasteiger partial charge in [-0.15, -0.1) is 0 Å². The highest BCUT2D eigenvalue weighted by Gasteiger charge is 2.05. The van der Waals surface area contributed by atoms with E-state index in [1.165, 1.54) is 24.3 Å². The standard InChI is InChI=1S/C10H6F2N4/c11-10(12)7-1-3-8(4-2-7)15-16-9(5-13)6-14/h1-4,10,15H. The van der Waals surface area contributed by atoms with Gasteiger partial charge in [0.15, 0.2) is 0 Å². The lowest BCUT2D eigenvalue weighted by molar-refractivity contribution is 0.151. The van der Waals surface area contributed by atoms with Gasteiger partial charge >= 0.3 is 0 Å². The number of hydrogen-bond acceptors (Lipinski definition) is 4. The Hall–Kier alpha value is -2.47. The monoisotopic (exact) mass is 220 g/mol. The van der Waals surface area contributed by atoms with E-state index in [4.69, 9.17) is 10.5 Å². The van der Waals surface area contributed by atoms with Crippen LogP contribution in [0.2, 0.25) is 0 Å². The fraction of sp³-hybridized carbons (Fsp3) is 0.100. The Morgan fingerprint density at radius 3 is 2.19 bits per heavy atom. The van der Waals surface area contributed by atoms with Crippen LogP contribution in [0.15, 0.2) is 29.4 Å². The van der Waals surface area contributed by atoms with Crippen molar-refractivity contribution in [3.63, 3.8) is 0 Å². The molecular formula is C10H6F2N4. The summed E-state index contributed by atoms with van der Waals surface area (Å²) in [5.74, 6) is 0. The van der Waals surface area contributed by atoms with Crippen LogP contribution < -0.4 is 5.43 Å². The van der Waals surface area contributed by atoms with Gasteiger partial charge in [0, 0.05) is 5.56 Å². The van der Waals surface area contributed by atoms with Gasteiger partial charge in [-0.25, -0.2) is 8.78 Å². The molecule has 0 spiro atoms. The Kier molecular flexibility index (Phi) is 3.93. The molecular weight excluding hydrogens is 214 g/mol. The molecule has 16 heavy (non-hydrogen) atoms. The highest BCUT2D eigenvalue weighted by molar-refractivity contribution is 6.10. The van der Waals surface area contributed by atoms with Crippen molar-refractivity contribution in [2.45, 2.75) is 6.43 Å². The van der Waals surface area contributed by atoms with E-state index in [0.29, 0.717) is 5.69 Å². The van der Waals surface area contributed by atoms with Gasteiger partial charge in [0.2, 0.25) is 5.71 Å². The van der Waals surface area contributed by atoms with Crippen molar-refractivity contribution in [3.8, 4) is 12.1 Å². The second kappa shape index (κ2) is 5.42. The molecule has 4 nitrogen and oxygen atoms in total. The van der Waals surface area contributed by atoms with E-state index < -0.39 is 6.43 Å². The maximum atomic E-state index is 12.2. The molecule has 0 aliphatic rings. The first-order valence-electron chi connectivity index (χ1n) is 4.19. The van der Waals surface area contributed by atoms with E-state index >= 15 is 0 Å². The number of nitriles is 2. The number of benzene rings is 1. The summed E-state index contributed by atoms with van der Waals surface area (Å²) in [6.07, 6.45) is -2.52. The number of alkyl halides is 2. The fourth-order valence-electron chi connectivity index (χ4n) is 0.899. The van der Waals surface area contributed by atoms with Gasteiger partial charge < -0.3 is 0 Å². The molecule has 1 aromatic carbocycles. The first kappa shape index (κ1) is 11.6. The lowest BCUT2D eigenvalue weighted by atomic mass is 10.2. The number of hydrazone groups is 1. The van der Waals surface area contributed by atoms with Gasteiger partial charge in [0.25, 0.3) is 6.43 Å². The van der Waals surface area contributed by atoms with Crippen LogP contribution in [0, 0.1) is 22.7 Å². The van der Waals surface area contributed by atoms with Gasteiger partial charge in [-0.2, -0.15) is 15.6 Å². The van der Waals surface area contributed by atoms with Crippen molar-refractivity contribution >= 4 is 11.4 Å². The minimum atomic E-state index is -2.52. The van der Waals surface area contributed by atoms with Gasteiger partial charge in [-0.1, -0.05) is 12.1 Å². The largest absolute Gasteiger partial charge is 0.277 e. The Balaban J connectivity index is 2.75. The second-order valence-corrected chi connectivity index (χ2v) is 2.72. The average Bonchev–Trinajstić information content (AvgIpc) is 2.31. The number of rotatable bonds is 3. The van der Waals surface area contributed by atoms with Crippen LogP contribution in [-0.4, -0.2) is 5.71 Å². The molecule has 1 rings (SSSR count).